The third-order valence-electron chi connectivity index (χ3n) is 2.14. The maximum absolute atomic E-state index is 4.51. The summed E-state index contributed by atoms with van der Waals surface area (Å²) in [6.45, 7) is 7.41. The minimum atomic E-state index is 0.415. The highest BCUT2D eigenvalue weighted by Gasteiger charge is 2.11. The van der Waals surface area contributed by atoms with Gasteiger partial charge in [-0.1, -0.05) is 36.7 Å². The molecule has 0 aromatic carbocycles. The minimum Gasteiger partial charge on any atom is -0.350 e. The Bertz CT molecular complexity index is 299. The molecule has 0 N–H and O–H groups in total. The number of anilines is 1. The number of rotatable bonds is 5. The van der Waals surface area contributed by atoms with Crippen molar-refractivity contribution in [1.82, 2.24) is 9.36 Å². The van der Waals surface area contributed by atoms with Crippen LogP contribution >= 0.6 is 27.5 Å². The van der Waals surface area contributed by atoms with Gasteiger partial charge in [0.1, 0.15) is 5.82 Å². The average Bonchev–Trinajstić information content (AvgIpc) is 2.62. The first kappa shape index (κ1) is 12.9. The summed E-state index contributed by atoms with van der Waals surface area (Å²) in [4.78, 5) is 7.23. The first-order valence-corrected chi connectivity index (χ1v) is 6.88. The number of hydrogen-bond donors (Lipinski definition) is 0. The monoisotopic (exact) mass is 291 g/mol. The maximum atomic E-state index is 4.51. The van der Waals surface area contributed by atoms with Crippen molar-refractivity contribution in [1.29, 1.82) is 0 Å². The molecule has 15 heavy (non-hydrogen) atoms. The molecule has 0 radical (unpaired) electrons. The van der Waals surface area contributed by atoms with Crippen molar-refractivity contribution in [3.63, 3.8) is 0 Å². The molecule has 1 aromatic rings. The molecular weight excluding hydrogens is 274 g/mol. The molecule has 0 fully saturated rings. The van der Waals surface area contributed by atoms with E-state index in [2.05, 4.69) is 58.0 Å². The van der Waals surface area contributed by atoms with Crippen molar-refractivity contribution >= 4 is 32.6 Å². The number of hydrogen-bond acceptors (Lipinski definition) is 4. The molecule has 0 aliphatic heterocycles. The fourth-order valence-corrected chi connectivity index (χ4v) is 2.08. The number of halogens is 1. The van der Waals surface area contributed by atoms with Gasteiger partial charge in [-0.05, 0) is 6.42 Å². The second kappa shape index (κ2) is 5.80. The predicted molar refractivity (Wildman–Crippen MR) is 70.3 cm³/mol. The summed E-state index contributed by atoms with van der Waals surface area (Å²) in [6, 6.07) is 0. The van der Waals surface area contributed by atoms with Gasteiger partial charge in [0.15, 0.2) is 0 Å². The Morgan fingerprint density at radius 1 is 1.40 bits per heavy atom. The van der Waals surface area contributed by atoms with E-state index in [1.54, 1.807) is 0 Å². The zero-order chi connectivity index (χ0) is 11.4. The Morgan fingerprint density at radius 2 is 2.07 bits per heavy atom. The van der Waals surface area contributed by atoms with Crippen LogP contribution in [0.25, 0.3) is 0 Å². The summed E-state index contributed by atoms with van der Waals surface area (Å²) in [5.74, 6) is 1.37. The van der Waals surface area contributed by atoms with Crippen molar-refractivity contribution in [3.8, 4) is 0 Å². The highest BCUT2D eigenvalue weighted by molar-refractivity contribution is 9.09. The van der Waals surface area contributed by atoms with E-state index in [1.807, 2.05) is 0 Å². The second-order valence-electron chi connectivity index (χ2n) is 4.08. The minimum absolute atomic E-state index is 0.415. The molecule has 0 aliphatic carbocycles. The largest absolute Gasteiger partial charge is 0.350 e. The van der Waals surface area contributed by atoms with Gasteiger partial charge in [0.2, 0.25) is 5.13 Å². The summed E-state index contributed by atoms with van der Waals surface area (Å²) in [5.41, 5.74) is 0. The standard InChI is InChI=1S/C10H18BrN3S/c1-7(2)9-12-10(15-13-9)14(4)6-5-8(3)11/h7-8H,5-6H2,1-4H3. The fraction of sp³-hybridized carbons (Fsp3) is 0.800. The Kier molecular flexibility index (Phi) is 4.99. The van der Waals surface area contributed by atoms with Crippen LogP contribution in [0, 0.1) is 0 Å². The number of alkyl halides is 1. The van der Waals surface area contributed by atoms with Crippen LogP contribution in [0.1, 0.15) is 38.9 Å². The van der Waals surface area contributed by atoms with Crippen LogP contribution in [-0.2, 0) is 0 Å². The molecule has 1 rings (SSSR count). The van der Waals surface area contributed by atoms with Crippen molar-refractivity contribution in [2.45, 2.75) is 37.9 Å². The summed E-state index contributed by atoms with van der Waals surface area (Å²) < 4.78 is 4.34. The van der Waals surface area contributed by atoms with E-state index in [0.717, 1.165) is 23.9 Å². The Labute approximate surface area is 104 Å². The van der Waals surface area contributed by atoms with Gasteiger partial charge in [-0.15, -0.1) is 0 Å². The van der Waals surface area contributed by atoms with E-state index in [9.17, 15) is 0 Å². The van der Waals surface area contributed by atoms with Crippen molar-refractivity contribution < 1.29 is 0 Å². The van der Waals surface area contributed by atoms with Gasteiger partial charge in [0.05, 0.1) is 0 Å². The maximum Gasteiger partial charge on any atom is 0.204 e. The van der Waals surface area contributed by atoms with Gasteiger partial charge in [-0.3, -0.25) is 0 Å². The molecule has 0 spiro atoms. The number of aromatic nitrogens is 2. The summed E-state index contributed by atoms with van der Waals surface area (Å²) in [7, 11) is 2.07. The van der Waals surface area contributed by atoms with Crippen LogP contribution in [0.5, 0.6) is 0 Å². The zero-order valence-corrected chi connectivity index (χ0v) is 12.1. The van der Waals surface area contributed by atoms with E-state index in [-0.39, 0.29) is 0 Å². The van der Waals surface area contributed by atoms with Gasteiger partial charge >= 0.3 is 0 Å². The second-order valence-corrected chi connectivity index (χ2v) is 6.37. The molecule has 1 atom stereocenters. The van der Waals surface area contributed by atoms with Gasteiger partial charge in [-0.2, -0.15) is 4.37 Å². The Hall–Kier alpha value is -0.160. The molecule has 0 saturated carbocycles. The number of nitrogens with zero attached hydrogens (tertiary/aromatic N) is 3. The van der Waals surface area contributed by atoms with Gasteiger partial charge in [-0.25, -0.2) is 4.98 Å². The molecule has 1 aromatic heterocycles. The van der Waals surface area contributed by atoms with E-state index >= 15 is 0 Å². The van der Waals surface area contributed by atoms with Crippen molar-refractivity contribution in [2.24, 2.45) is 0 Å². The molecule has 1 unspecified atom stereocenters. The van der Waals surface area contributed by atoms with Crippen LogP contribution in [-0.4, -0.2) is 27.8 Å². The third kappa shape index (κ3) is 4.07. The zero-order valence-electron chi connectivity index (χ0n) is 9.70. The highest BCUT2D eigenvalue weighted by atomic mass is 79.9. The van der Waals surface area contributed by atoms with Crippen LogP contribution < -0.4 is 4.90 Å². The molecule has 1 heterocycles. The Morgan fingerprint density at radius 3 is 2.53 bits per heavy atom. The van der Waals surface area contributed by atoms with Gasteiger partial charge in [0.25, 0.3) is 0 Å². The van der Waals surface area contributed by atoms with E-state index in [4.69, 9.17) is 0 Å². The normalized spacial score (nSPS) is 13.2. The molecule has 3 nitrogen and oxygen atoms in total. The van der Waals surface area contributed by atoms with E-state index in [0.29, 0.717) is 10.7 Å². The molecule has 5 heteroatoms. The Balaban J connectivity index is 2.54. The SMILES string of the molecule is CC(Br)CCN(C)c1nc(C(C)C)ns1. The molecule has 0 amide bonds. The van der Waals surface area contributed by atoms with Crippen LogP contribution in [0.4, 0.5) is 5.13 Å². The summed E-state index contributed by atoms with van der Waals surface area (Å²) >= 11 is 5.03. The topological polar surface area (TPSA) is 29.0 Å². The molecule has 86 valence electrons. The average molecular weight is 292 g/mol. The predicted octanol–water partition coefficient (Wildman–Crippen LogP) is 3.27. The highest BCUT2D eigenvalue weighted by Crippen LogP contribution is 2.20. The first-order chi connectivity index (χ1) is 7.00. The molecule has 0 aliphatic rings. The smallest absolute Gasteiger partial charge is 0.204 e. The van der Waals surface area contributed by atoms with Gasteiger partial charge in [0, 0.05) is 35.9 Å². The van der Waals surface area contributed by atoms with Crippen molar-refractivity contribution in [2.75, 3.05) is 18.5 Å². The lowest BCUT2D eigenvalue weighted by Crippen LogP contribution is -2.20. The van der Waals surface area contributed by atoms with Crippen LogP contribution in [0.3, 0.4) is 0 Å². The van der Waals surface area contributed by atoms with Crippen LogP contribution in [0.15, 0.2) is 0 Å². The fourth-order valence-electron chi connectivity index (χ4n) is 1.08. The molecule has 0 bridgehead atoms. The lowest BCUT2D eigenvalue weighted by molar-refractivity contribution is 0.768. The quantitative estimate of drug-likeness (QED) is 0.780. The lowest BCUT2D eigenvalue weighted by Gasteiger charge is -2.15. The van der Waals surface area contributed by atoms with Crippen LogP contribution in [0.2, 0.25) is 0 Å². The molecule has 0 saturated heterocycles. The lowest BCUT2D eigenvalue weighted by atomic mass is 10.2. The molecular formula is C10H18BrN3S. The van der Waals surface area contributed by atoms with E-state index in [1.165, 1.54) is 11.5 Å². The third-order valence-corrected chi connectivity index (χ3v) is 3.44. The summed E-state index contributed by atoms with van der Waals surface area (Å²) in [5, 5.41) is 1.02. The van der Waals surface area contributed by atoms with Gasteiger partial charge < -0.3 is 4.90 Å². The summed E-state index contributed by atoms with van der Waals surface area (Å²) in [6.07, 6.45) is 1.12. The van der Waals surface area contributed by atoms with Crippen molar-refractivity contribution in [3.05, 3.63) is 5.82 Å². The first-order valence-electron chi connectivity index (χ1n) is 5.19. The van der Waals surface area contributed by atoms with E-state index < -0.39 is 0 Å².